The Bertz CT molecular complexity index is 1490. The molecule has 10 heteroatoms. The minimum Gasteiger partial charge on any atom is -0.493 e. The molecule has 9 nitrogen and oxygen atoms in total. The molecule has 2 amide bonds. The molecule has 0 aliphatic carbocycles. The van der Waals surface area contributed by atoms with Gasteiger partial charge in [0.1, 0.15) is 12.6 Å². The number of aryl methyl sites for hydroxylation is 3. The van der Waals surface area contributed by atoms with Crippen molar-refractivity contribution >= 4 is 27.5 Å². The zero-order chi connectivity index (χ0) is 30.3. The summed E-state index contributed by atoms with van der Waals surface area (Å²) in [6.45, 7) is 7.11. The summed E-state index contributed by atoms with van der Waals surface area (Å²) >= 11 is 0. The molecule has 1 unspecified atom stereocenters. The Morgan fingerprint density at radius 1 is 0.902 bits per heavy atom. The first-order valence-corrected chi connectivity index (χ1v) is 14.8. The highest BCUT2D eigenvalue weighted by molar-refractivity contribution is 7.92. The molecule has 0 aliphatic rings. The number of hydrogen-bond acceptors (Lipinski definition) is 6. The molecule has 3 aromatic carbocycles. The smallest absolute Gasteiger partial charge is 0.264 e. The Labute approximate surface area is 243 Å². The fraction of sp³-hybridized carbons (Fsp3) is 0.355. The highest BCUT2D eigenvalue weighted by Crippen LogP contribution is 2.33. The molecule has 0 spiro atoms. The van der Waals surface area contributed by atoms with Gasteiger partial charge in [0.25, 0.3) is 10.0 Å². The molecule has 0 radical (unpaired) electrons. The summed E-state index contributed by atoms with van der Waals surface area (Å²) in [4.78, 5) is 28.4. The topological polar surface area (TPSA) is 105 Å². The lowest BCUT2D eigenvalue weighted by Crippen LogP contribution is -2.51. The number of nitrogens with zero attached hydrogens (tertiary/aromatic N) is 2. The van der Waals surface area contributed by atoms with Gasteiger partial charge in [-0.25, -0.2) is 8.42 Å². The molecular weight excluding hydrogens is 542 g/mol. The maximum absolute atomic E-state index is 14.2. The molecular formula is C31H39N3O6S. The first-order chi connectivity index (χ1) is 19.5. The van der Waals surface area contributed by atoms with Gasteiger partial charge in [-0.15, -0.1) is 0 Å². The molecule has 0 fully saturated rings. The number of carbonyl (C=O) groups excluding carboxylic acids is 2. The van der Waals surface area contributed by atoms with Gasteiger partial charge in [-0.3, -0.25) is 13.9 Å². The largest absolute Gasteiger partial charge is 0.493 e. The fourth-order valence-electron chi connectivity index (χ4n) is 4.78. The van der Waals surface area contributed by atoms with E-state index in [1.54, 1.807) is 12.1 Å². The van der Waals surface area contributed by atoms with E-state index >= 15 is 0 Å². The van der Waals surface area contributed by atoms with Crippen LogP contribution in [0.4, 0.5) is 5.69 Å². The van der Waals surface area contributed by atoms with Gasteiger partial charge in [0, 0.05) is 19.7 Å². The summed E-state index contributed by atoms with van der Waals surface area (Å²) in [6.07, 6.45) is 0.350. The van der Waals surface area contributed by atoms with Crippen molar-refractivity contribution in [2.24, 2.45) is 0 Å². The van der Waals surface area contributed by atoms with Crippen molar-refractivity contribution in [2.75, 3.05) is 32.1 Å². The van der Waals surface area contributed by atoms with E-state index in [-0.39, 0.29) is 23.1 Å². The number of sulfonamides is 1. The fourth-order valence-corrected chi connectivity index (χ4v) is 6.20. The Balaban J connectivity index is 2.15. The molecule has 3 aromatic rings. The number of ether oxygens (including phenoxy) is 2. The Morgan fingerprint density at radius 3 is 2.10 bits per heavy atom. The molecule has 0 aromatic heterocycles. The van der Waals surface area contributed by atoms with Gasteiger partial charge < -0.3 is 19.7 Å². The number of anilines is 1. The van der Waals surface area contributed by atoms with E-state index in [1.807, 2.05) is 58.0 Å². The van der Waals surface area contributed by atoms with E-state index in [4.69, 9.17) is 9.47 Å². The zero-order valence-electron chi connectivity index (χ0n) is 24.7. The molecule has 0 saturated heterocycles. The lowest BCUT2D eigenvalue weighted by Gasteiger charge is -2.33. The van der Waals surface area contributed by atoms with Gasteiger partial charge in [0.15, 0.2) is 11.5 Å². The maximum Gasteiger partial charge on any atom is 0.264 e. The molecule has 1 N–H and O–H groups in total. The maximum atomic E-state index is 14.2. The van der Waals surface area contributed by atoms with Crippen molar-refractivity contribution < 1.29 is 27.5 Å². The number of hydrogen-bond donors (Lipinski definition) is 1. The predicted octanol–water partition coefficient (Wildman–Crippen LogP) is 4.38. The second kappa shape index (κ2) is 13.5. The first kappa shape index (κ1) is 31.5. The monoisotopic (exact) mass is 581 g/mol. The summed E-state index contributed by atoms with van der Waals surface area (Å²) in [5, 5.41) is 2.64. The first-order valence-electron chi connectivity index (χ1n) is 13.3. The van der Waals surface area contributed by atoms with Crippen LogP contribution in [0.2, 0.25) is 0 Å². The van der Waals surface area contributed by atoms with Crippen LogP contribution in [0.3, 0.4) is 0 Å². The SMILES string of the molecule is CCC(C(=O)NC)N(Cc1ccccc1C)C(=O)CN(c1cc(C)cc(C)c1)S(=O)(=O)c1ccc(OC)c(OC)c1. The van der Waals surface area contributed by atoms with Crippen LogP contribution in [-0.2, 0) is 26.2 Å². The summed E-state index contributed by atoms with van der Waals surface area (Å²) in [5.74, 6) is -0.213. The summed E-state index contributed by atoms with van der Waals surface area (Å²) in [7, 11) is 0.143. The van der Waals surface area contributed by atoms with E-state index < -0.39 is 28.5 Å². The second-order valence-corrected chi connectivity index (χ2v) is 11.7. The quantitative estimate of drug-likeness (QED) is 0.341. The molecule has 41 heavy (non-hydrogen) atoms. The summed E-state index contributed by atoms with van der Waals surface area (Å²) in [5.41, 5.74) is 3.85. The van der Waals surface area contributed by atoms with E-state index in [1.165, 1.54) is 44.4 Å². The van der Waals surface area contributed by atoms with Crippen molar-refractivity contribution in [3.8, 4) is 11.5 Å². The summed E-state index contributed by atoms with van der Waals surface area (Å²) < 4.78 is 40.1. The van der Waals surface area contributed by atoms with Gasteiger partial charge in [0.05, 0.1) is 24.8 Å². The number of benzene rings is 3. The minimum absolute atomic E-state index is 0.0640. The number of nitrogens with one attached hydrogen (secondary N) is 1. The van der Waals surface area contributed by atoms with Crippen molar-refractivity contribution in [3.63, 3.8) is 0 Å². The third kappa shape index (κ3) is 7.18. The van der Waals surface area contributed by atoms with Crippen molar-refractivity contribution in [1.29, 1.82) is 0 Å². The van der Waals surface area contributed by atoms with Crippen LogP contribution >= 0.6 is 0 Å². The van der Waals surface area contributed by atoms with Crippen LogP contribution in [0.25, 0.3) is 0 Å². The highest BCUT2D eigenvalue weighted by atomic mass is 32.2. The summed E-state index contributed by atoms with van der Waals surface area (Å²) in [6, 6.07) is 16.5. The Morgan fingerprint density at radius 2 is 1.54 bits per heavy atom. The zero-order valence-corrected chi connectivity index (χ0v) is 25.5. The van der Waals surface area contributed by atoms with E-state index in [2.05, 4.69) is 5.32 Å². The van der Waals surface area contributed by atoms with Crippen molar-refractivity contribution in [1.82, 2.24) is 10.2 Å². The Hall–Kier alpha value is -4.05. The molecule has 0 heterocycles. The highest BCUT2D eigenvalue weighted by Gasteiger charge is 2.34. The lowest BCUT2D eigenvalue weighted by molar-refractivity contribution is -0.140. The third-order valence-electron chi connectivity index (χ3n) is 6.95. The van der Waals surface area contributed by atoms with Gasteiger partial charge in [0.2, 0.25) is 11.8 Å². The molecule has 220 valence electrons. The van der Waals surface area contributed by atoms with Crippen LogP contribution in [0.15, 0.2) is 65.6 Å². The molecule has 0 bridgehead atoms. The van der Waals surface area contributed by atoms with Gasteiger partial charge in [-0.05, 0) is 73.7 Å². The van der Waals surface area contributed by atoms with Crippen LogP contribution in [0.1, 0.15) is 35.6 Å². The van der Waals surface area contributed by atoms with E-state index in [0.29, 0.717) is 17.9 Å². The third-order valence-corrected chi connectivity index (χ3v) is 8.72. The molecule has 3 rings (SSSR count). The van der Waals surface area contributed by atoms with E-state index in [0.717, 1.165) is 26.6 Å². The normalized spacial score (nSPS) is 11.9. The standard InChI is InChI=1S/C31H39N3O6S/c1-8-27(31(36)32-5)33(19-24-12-10-9-11-23(24)4)30(35)20-34(25-16-21(2)15-22(3)17-25)41(37,38)26-13-14-28(39-6)29(18-26)40-7/h9-18,27H,8,19-20H2,1-7H3,(H,32,36). The average molecular weight is 582 g/mol. The Kier molecular flexibility index (Phi) is 10.4. The van der Waals surface area contributed by atoms with Gasteiger partial charge >= 0.3 is 0 Å². The number of carbonyl (C=O) groups is 2. The number of rotatable bonds is 12. The lowest BCUT2D eigenvalue weighted by atomic mass is 10.1. The molecule has 0 saturated carbocycles. The van der Waals surface area contributed by atoms with E-state index in [9.17, 15) is 18.0 Å². The second-order valence-electron chi connectivity index (χ2n) is 9.86. The van der Waals surface area contributed by atoms with Crippen LogP contribution < -0.4 is 19.1 Å². The van der Waals surface area contributed by atoms with Crippen LogP contribution in [0.5, 0.6) is 11.5 Å². The van der Waals surface area contributed by atoms with Crippen molar-refractivity contribution in [2.45, 2.75) is 51.6 Å². The van der Waals surface area contributed by atoms with Crippen molar-refractivity contribution in [3.05, 3.63) is 82.9 Å². The minimum atomic E-state index is -4.26. The number of amides is 2. The van der Waals surface area contributed by atoms with Gasteiger partial charge in [-0.1, -0.05) is 37.3 Å². The average Bonchev–Trinajstić information content (AvgIpc) is 2.95. The van der Waals surface area contributed by atoms with Crippen LogP contribution in [-0.4, -0.2) is 59.0 Å². The number of likely N-dealkylation sites (N-methyl/N-ethyl adjacent to an activating group) is 1. The van der Waals surface area contributed by atoms with Gasteiger partial charge in [-0.2, -0.15) is 0 Å². The van der Waals surface area contributed by atoms with Crippen LogP contribution in [0, 0.1) is 20.8 Å². The number of methoxy groups -OCH3 is 2. The molecule has 1 atom stereocenters. The predicted molar refractivity (Wildman–Crippen MR) is 160 cm³/mol. The molecule has 0 aliphatic heterocycles.